The number of aryl methyl sites for hydroxylation is 1. The monoisotopic (exact) mass is 436 g/mol. The Morgan fingerprint density at radius 1 is 1.06 bits per heavy atom. The summed E-state index contributed by atoms with van der Waals surface area (Å²) in [5, 5.41) is 3.20. The molecule has 5 rings (SSSR count). The van der Waals surface area contributed by atoms with E-state index in [0.29, 0.717) is 25.5 Å². The number of pyridine rings is 1. The van der Waals surface area contributed by atoms with Crippen molar-refractivity contribution in [1.82, 2.24) is 25.2 Å². The Bertz CT molecular complexity index is 926. The molecule has 2 fully saturated rings. The Morgan fingerprint density at radius 3 is 2.66 bits per heavy atom. The number of hydrogen-bond donors (Lipinski definition) is 1. The van der Waals surface area contributed by atoms with Crippen molar-refractivity contribution >= 4 is 11.9 Å². The van der Waals surface area contributed by atoms with Crippen LogP contribution in [-0.2, 0) is 17.6 Å². The number of carbonyl (C=O) groups is 1. The molecule has 32 heavy (non-hydrogen) atoms. The summed E-state index contributed by atoms with van der Waals surface area (Å²) in [5.74, 6) is 0.637. The molecular weight excluding hydrogens is 404 g/mol. The maximum absolute atomic E-state index is 13.4. The van der Waals surface area contributed by atoms with Gasteiger partial charge in [0.05, 0.1) is 19.3 Å². The van der Waals surface area contributed by atoms with Crippen LogP contribution in [0.1, 0.15) is 59.0 Å². The van der Waals surface area contributed by atoms with Gasteiger partial charge in [-0.15, -0.1) is 0 Å². The second kappa shape index (κ2) is 9.92. The van der Waals surface area contributed by atoms with Gasteiger partial charge in [0.15, 0.2) is 0 Å². The van der Waals surface area contributed by atoms with E-state index in [4.69, 9.17) is 14.7 Å². The average Bonchev–Trinajstić information content (AvgIpc) is 3.40. The van der Waals surface area contributed by atoms with Gasteiger partial charge < -0.3 is 15.0 Å². The van der Waals surface area contributed by atoms with Crippen molar-refractivity contribution in [3.05, 3.63) is 47.0 Å². The Morgan fingerprint density at radius 2 is 1.88 bits per heavy atom. The summed E-state index contributed by atoms with van der Waals surface area (Å²) in [7, 11) is 0. The molecule has 2 aromatic heterocycles. The smallest absolute Gasteiger partial charge is 0.270 e. The van der Waals surface area contributed by atoms with Crippen molar-refractivity contribution in [2.75, 3.05) is 50.8 Å². The molecule has 8 nitrogen and oxygen atoms in total. The number of fused-ring (bicyclic) bond motifs is 1. The predicted molar refractivity (Wildman–Crippen MR) is 122 cm³/mol. The summed E-state index contributed by atoms with van der Waals surface area (Å²) in [4.78, 5) is 32.0. The molecule has 8 heteroatoms. The third-order valence-corrected chi connectivity index (χ3v) is 6.79. The van der Waals surface area contributed by atoms with Crippen molar-refractivity contribution in [2.45, 2.75) is 44.6 Å². The minimum absolute atomic E-state index is 0.0623. The molecule has 4 heterocycles. The molecule has 0 spiro atoms. The van der Waals surface area contributed by atoms with Crippen LogP contribution >= 0.6 is 0 Å². The van der Waals surface area contributed by atoms with Gasteiger partial charge in [-0.05, 0) is 50.2 Å². The Kier molecular flexibility index (Phi) is 6.59. The zero-order chi connectivity index (χ0) is 21.8. The van der Waals surface area contributed by atoms with Gasteiger partial charge in [0.1, 0.15) is 5.69 Å². The lowest BCUT2D eigenvalue weighted by molar-refractivity contribution is 0.0161. The molecule has 2 aromatic rings. The topological polar surface area (TPSA) is 83.5 Å². The number of anilines is 1. The van der Waals surface area contributed by atoms with Gasteiger partial charge in [0, 0.05) is 56.4 Å². The minimum Gasteiger partial charge on any atom is -0.379 e. The molecule has 1 N–H and O–H groups in total. The Balaban J connectivity index is 1.37. The lowest BCUT2D eigenvalue weighted by atomic mass is 9.94. The second-order valence-electron chi connectivity index (χ2n) is 8.86. The molecule has 170 valence electrons. The lowest BCUT2D eigenvalue weighted by Crippen LogP contribution is -2.44. The third kappa shape index (κ3) is 4.61. The van der Waals surface area contributed by atoms with Gasteiger partial charge in [-0.1, -0.05) is 6.07 Å². The van der Waals surface area contributed by atoms with E-state index >= 15 is 0 Å². The number of rotatable bonds is 6. The minimum atomic E-state index is -0.0897. The van der Waals surface area contributed by atoms with Crippen molar-refractivity contribution in [2.24, 2.45) is 0 Å². The highest BCUT2D eigenvalue weighted by molar-refractivity contribution is 5.94. The second-order valence-corrected chi connectivity index (χ2v) is 8.86. The standard InChI is InChI=1S/C24H32N6O2/c31-23(26-17-21(18-6-5-9-25-16-18)29-12-14-32-15-13-29)22-19-7-1-2-8-20(19)27-24(28-22)30-10-3-4-11-30/h5-6,9,16,21H,1-4,7-8,10-15,17H2,(H,26,31). The van der Waals surface area contributed by atoms with Crippen LogP contribution in [0, 0.1) is 0 Å². The largest absolute Gasteiger partial charge is 0.379 e. The quantitative estimate of drug-likeness (QED) is 0.743. The number of ether oxygens (including phenoxy) is 1. The predicted octanol–water partition coefficient (Wildman–Crippen LogP) is 2.15. The van der Waals surface area contributed by atoms with Crippen molar-refractivity contribution in [3.63, 3.8) is 0 Å². The highest BCUT2D eigenvalue weighted by Crippen LogP contribution is 2.26. The Labute approximate surface area is 189 Å². The average molecular weight is 437 g/mol. The van der Waals surface area contributed by atoms with Crippen LogP contribution < -0.4 is 10.2 Å². The van der Waals surface area contributed by atoms with E-state index < -0.39 is 0 Å². The van der Waals surface area contributed by atoms with Crippen molar-refractivity contribution in [3.8, 4) is 0 Å². The lowest BCUT2D eigenvalue weighted by Gasteiger charge is -2.34. The first kappa shape index (κ1) is 21.3. The molecule has 1 atom stereocenters. The van der Waals surface area contributed by atoms with Crippen LogP contribution in [-0.4, -0.2) is 71.7 Å². The molecule has 0 radical (unpaired) electrons. The molecular formula is C24H32N6O2. The van der Waals surface area contributed by atoms with Gasteiger partial charge in [-0.2, -0.15) is 0 Å². The zero-order valence-electron chi connectivity index (χ0n) is 18.6. The maximum atomic E-state index is 13.4. The van der Waals surface area contributed by atoms with E-state index in [9.17, 15) is 4.79 Å². The van der Waals surface area contributed by atoms with Crippen LogP contribution in [0.2, 0.25) is 0 Å². The summed E-state index contributed by atoms with van der Waals surface area (Å²) < 4.78 is 5.54. The van der Waals surface area contributed by atoms with Crippen LogP contribution in [0.15, 0.2) is 24.5 Å². The molecule has 0 bridgehead atoms. The van der Waals surface area contributed by atoms with E-state index in [1.807, 2.05) is 12.3 Å². The van der Waals surface area contributed by atoms with Crippen LogP contribution in [0.25, 0.3) is 0 Å². The number of aromatic nitrogens is 3. The van der Waals surface area contributed by atoms with E-state index in [2.05, 4.69) is 26.2 Å². The summed E-state index contributed by atoms with van der Waals surface area (Å²) in [5.41, 5.74) is 3.79. The summed E-state index contributed by atoms with van der Waals surface area (Å²) in [6.07, 6.45) is 10.0. The van der Waals surface area contributed by atoms with Crippen molar-refractivity contribution in [1.29, 1.82) is 0 Å². The van der Waals surface area contributed by atoms with E-state index in [0.717, 1.165) is 87.5 Å². The fraction of sp³-hybridized carbons (Fsp3) is 0.583. The number of amides is 1. The van der Waals surface area contributed by atoms with Gasteiger partial charge in [-0.25, -0.2) is 9.97 Å². The van der Waals surface area contributed by atoms with Gasteiger partial charge >= 0.3 is 0 Å². The first-order chi connectivity index (χ1) is 15.8. The molecule has 1 unspecified atom stereocenters. The van der Waals surface area contributed by atoms with E-state index in [1.165, 1.54) is 0 Å². The number of nitrogens with zero attached hydrogens (tertiary/aromatic N) is 5. The zero-order valence-corrected chi connectivity index (χ0v) is 18.6. The van der Waals surface area contributed by atoms with Crippen LogP contribution in [0.5, 0.6) is 0 Å². The van der Waals surface area contributed by atoms with E-state index in [1.54, 1.807) is 6.20 Å². The van der Waals surface area contributed by atoms with Crippen molar-refractivity contribution < 1.29 is 9.53 Å². The molecule has 0 saturated carbocycles. The molecule has 3 aliphatic rings. The summed E-state index contributed by atoms with van der Waals surface area (Å²) in [6, 6.07) is 4.10. The number of hydrogen-bond acceptors (Lipinski definition) is 7. The number of nitrogens with one attached hydrogen (secondary N) is 1. The van der Waals surface area contributed by atoms with Gasteiger partial charge in [-0.3, -0.25) is 14.7 Å². The molecule has 0 aromatic carbocycles. The van der Waals surface area contributed by atoms with Gasteiger partial charge in [0.25, 0.3) is 5.91 Å². The maximum Gasteiger partial charge on any atom is 0.270 e. The van der Waals surface area contributed by atoms with Gasteiger partial charge in [0.2, 0.25) is 5.95 Å². The molecule has 2 aliphatic heterocycles. The third-order valence-electron chi connectivity index (χ3n) is 6.79. The first-order valence-electron chi connectivity index (χ1n) is 11.9. The van der Waals surface area contributed by atoms with Crippen LogP contribution in [0.4, 0.5) is 5.95 Å². The number of carbonyl (C=O) groups excluding carboxylic acids is 1. The number of morpholine rings is 1. The summed E-state index contributed by atoms with van der Waals surface area (Å²) in [6.45, 7) is 5.57. The summed E-state index contributed by atoms with van der Waals surface area (Å²) >= 11 is 0. The fourth-order valence-corrected chi connectivity index (χ4v) is 5.02. The Hall–Kier alpha value is -2.58. The first-order valence-corrected chi connectivity index (χ1v) is 11.9. The van der Waals surface area contributed by atoms with Crippen LogP contribution in [0.3, 0.4) is 0 Å². The SMILES string of the molecule is O=C(NCC(c1cccnc1)N1CCOCC1)c1nc(N2CCCC2)nc2c1CCCC2. The highest BCUT2D eigenvalue weighted by atomic mass is 16.5. The molecule has 2 saturated heterocycles. The fourth-order valence-electron chi connectivity index (χ4n) is 5.02. The molecule has 1 aliphatic carbocycles. The highest BCUT2D eigenvalue weighted by Gasteiger charge is 2.27. The molecule has 1 amide bonds. The normalized spacial score (nSPS) is 20.1. The van der Waals surface area contributed by atoms with E-state index in [-0.39, 0.29) is 11.9 Å².